The van der Waals surface area contributed by atoms with Crippen molar-refractivity contribution in [1.82, 2.24) is 5.32 Å². The number of rotatable bonds is 7. The molecule has 0 heterocycles. The molecule has 0 amide bonds. The molecule has 0 spiro atoms. The van der Waals surface area contributed by atoms with E-state index in [1.165, 1.54) is 32.1 Å². The summed E-state index contributed by atoms with van der Waals surface area (Å²) in [7, 11) is 0. The molecule has 74 valence electrons. The minimum atomic E-state index is 0.104. The van der Waals surface area contributed by atoms with Gasteiger partial charge < -0.3 is 5.32 Å². The van der Waals surface area contributed by atoms with Gasteiger partial charge in [-0.1, -0.05) is 26.2 Å². The zero-order valence-electron chi connectivity index (χ0n) is 8.55. The van der Waals surface area contributed by atoms with Gasteiger partial charge >= 0.3 is 0 Å². The molecule has 2 heteroatoms. The molecule has 1 atom stereocenters. The van der Waals surface area contributed by atoms with Crippen molar-refractivity contribution in [3.05, 3.63) is 0 Å². The summed E-state index contributed by atoms with van der Waals surface area (Å²) in [6, 6.07) is 2.44. The molecule has 13 heavy (non-hydrogen) atoms. The highest BCUT2D eigenvalue weighted by Crippen LogP contribution is 2.27. The lowest BCUT2D eigenvalue weighted by molar-refractivity contribution is 0.516. The van der Waals surface area contributed by atoms with Crippen LogP contribution in [-0.4, -0.2) is 12.6 Å². The van der Waals surface area contributed by atoms with Gasteiger partial charge in [0.15, 0.2) is 0 Å². The number of nitrogens with zero attached hydrogens (tertiary/aromatic N) is 1. The van der Waals surface area contributed by atoms with Crippen LogP contribution in [0.2, 0.25) is 0 Å². The van der Waals surface area contributed by atoms with Crippen LogP contribution >= 0.6 is 0 Å². The van der Waals surface area contributed by atoms with E-state index in [9.17, 15) is 0 Å². The first-order chi connectivity index (χ1) is 6.36. The number of unbranched alkanes of at least 4 members (excludes halogenated alkanes) is 2. The smallest absolute Gasteiger partial charge is 0.0953 e. The van der Waals surface area contributed by atoms with Gasteiger partial charge in [-0.25, -0.2) is 0 Å². The molecular formula is C11H20N2. The molecule has 0 saturated heterocycles. The van der Waals surface area contributed by atoms with Gasteiger partial charge in [-0.15, -0.1) is 0 Å². The van der Waals surface area contributed by atoms with Crippen molar-refractivity contribution < 1.29 is 0 Å². The predicted molar refractivity (Wildman–Crippen MR) is 54.3 cm³/mol. The van der Waals surface area contributed by atoms with Crippen LogP contribution in [0.25, 0.3) is 0 Å². The summed E-state index contributed by atoms with van der Waals surface area (Å²) in [5.41, 5.74) is 0. The summed E-state index contributed by atoms with van der Waals surface area (Å²) in [6.07, 6.45) is 7.42. The fourth-order valence-electron chi connectivity index (χ4n) is 1.44. The SMILES string of the molecule is CCCCCC(C#N)NCC1CC1. The van der Waals surface area contributed by atoms with E-state index in [0.717, 1.165) is 18.9 Å². The molecule has 1 aliphatic rings. The van der Waals surface area contributed by atoms with Crippen LogP contribution < -0.4 is 5.32 Å². The Bertz CT molecular complexity index is 167. The third kappa shape index (κ3) is 4.90. The predicted octanol–water partition coefficient (Wildman–Crippen LogP) is 2.46. The number of hydrogen-bond acceptors (Lipinski definition) is 2. The Kier molecular flexibility index (Phi) is 4.85. The second-order valence-corrected chi connectivity index (χ2v) is 4.03. The van der Waals surface area contributed by atoms with Gasteiger partial charge in [0, 0.05) is 0 Å². The van der Waals surface area contributed by atoms with Crippen molar-refractivity contribution in [2.24, 2.45) is 5.92 Å². The molecule has 2 nitrogen and oxygen atoms in total. The Morgan fingerprint density at radius 1 is 1.46 bits per heavy atom. The molecule has 1 rings (SSSR count). The van der Waals surface area contributed by atoms with Gasteiger partial charge in [0.2, 0.25) is 0 Å². The fraction of sp³-hybridized carbons (Fsp3) is 0.909. The van der Waals surface area contributed by atoms with E-state index in [2.05, 4.69) is 18.3 Å². The normalized spacial score (nSPS) is 18.2. The highest BCUT2D eigenvalue weighted by Gasteiger charge is 2.21. The van der Waals surface area contributed by atoms with Crippen LogP contribution in [0.4, 0.5) is 0 Å². The molecule has 1 aliphatic carbocycles. The van der Waals surface area contributed by atoms with Gasteiger partial charge in [0.05, 0.1) is 12.1 Å². The van der Waals surface area contributed by atoms with Crippen molar-refractivity contribution >= 4 is 0 Å². The average molecular weight is 180 g/mol. The summed E-state index contributed by atoms with van der Waals surface area (Å²) in [5, 5.41) is 12.2. The minimum Gasteiger partial charge on any atom is -0.302 e. The molecular weight excluding hydrogens is 160 g/mol. The van der Waals surface area contributed by atoms with Gasteiger partial charge in [0.25, 0.3) is 0 Å². The van der Waals surface area contributed by atoms with E-state index in [4.69, 9.17) is 5.26 Å². The Morgan fingerprint density at radius 2 is 2.23 bits per heavy atom. The lowest BCUT2D eigenvalue weighted by Crippen LogP contribution is -2.29. The molecule has 0 aromatic carbocycles. The molecule has 1 fully saturated rings. The van der Waals surface area contributed by atoms with Crippen LogP contribution in [0.15, 0.2) is 0 Å². The molecule has 0 bridgehead atoms. The van der Waals surface area contributed by atoms with Gasteiger partial charge in [-0.3, -0.25) is 0 Å². The summed E-state index contributed by atoms with van der Waals surface area (Å²) < 4.78 is 0. The zero-order chi connectivity index (χ0) is 9.52. The summed E-state index contributed by atoms with van der Waals surface area (Å²) >= 11 is 0. The number of nitrogens with one attached hydrogen (secondary N) is 1. The first-order valence-electron chi connectivity index (χ1n) is 5.49. The first-order valence-corrected chi connectivity index (χ1v) is 5.49. The maximum atomic E-state index is 8.85. The van der Waals surface area contributed by atoms with Crippen LogP contribution in [-0.2, 0) is 0 Å². The fourth-order valence-corrected chi connectivity index (χ4v) is 1.44. The summed E-state index contributed by atoms with van der Waals surface area (Å²) in [6.45, 7) is 3.25. The van der Waals surface area contributed by atoms with Gasteiger partial charge in [0.1, 0.15) is 0 Å². The monoisotopic (exact) mass is 180 g/mol. The van der Waals surface area contributed by atoms with Crippen molar-refractivity contribution in [2.45, 2.75) is 51.5 Å². The van der Waals surface area contributed by atoms with Crippen molar-refractivity contribution in [1.29, 1.82) is 5.26 Å². The van der Waals surface area contributed by atoms with E-state index in [1.807, 2.05) is 0 Å². The van der Waals surface area contributed by atoms with Gasteiger partial charge in [-0.2, -0.15) is 5.26 Å². The van der Waals surface area contributed by atoms with Crippen LogP contribution in [0.1, 0.15) is 45.4 Å². The standard InChI is InChI=1S/C11H20N2/c1-2-3-4-5-11(8-12)13-9-10-6-7-10/h10-11,13H,2-7,9H2,1H3. The van der Waals surface area contributed by atoms with Crippen molar-refractivity contribution in [2.75, 3.05) is 6.54 Å². The van der Waals surface area contributed by atoms with E-state index in [0.29, 0.717) is 0 Å². The zero-order valence-corrected chi connectivity index (χ0v) is 8.55. The van der Waals surface area contributed by atoms with Crippen LogP contribution in [0, 0.1) is 17.2 Å². The van der Waals surface area contributed by atoms with E-state index in [1.54, 1.807) is 0 Å². The van der Waals surface area contributed by atoms with E-state index >= 15 is 0 Å². The molecule has 0 radical (unpaired) electrons. The molecule has 0 aromatic rings. The van der Waals surface area contributed by atoms with Gasteiger partial charge in [-0.05, 0) is 31.7 Å². The molecule has 1 saturated carbocycles. The Labute approximate surface area is 81.3 Å². The molecule has 1 N–H and O–H groups in total. The van der Waals surface area contributed by atoms with Crippen molar-refractivity contribution in [3.8, 4) is 6.07 Å². The highest BCUT2D eigenvalue weighted by molar-refractivity contribution is 4.91. The lowest BCUT2D eigenvalue weighted by atomic mass is 10.1. The van der Waals surface area contributed by atoms with E-state index < -0.39 is 0 Å². The topological polar surface area (TPSA) is 35.8 Å². The second kappa shape index (κ2) is 5.99. The minimum absolute atomic E-state index is 0.104. The average Bonchev–Trinajstić information content (AvgIpc) is 2.94. The maximum absolute atomic E-state index is 8.85. The highest BCUT2D eigenvalue weighted by atomic mass is 14.9. The van der Waals surface area contributed by atoms with Crippen LogP contribution in [0.5, 0.6) is 0 Å². The van der Waals surface area contributed by atoms with E-state index in [-0.39, 0.29) is 6.04 Å². The molecule has 1 unspecified atom stereocenters. The largest absolute Gasteiger partial charge is 0.302 e. The Hall–Kier alpha value is -0.550. The maximum Gasteiger partial charge on any atom is 0.0953 e. The number of nitriles is 1. The lowest BCUT2D eigenvalue weighted by Gasteiger charge is -2.09. The molecule has 0 aliphatic heterocycles. The Morgan fingerprint density at radius 3 is 2.77 bits per heavy atom. The third-order valence-corrected chi connectivity index (χ3v) is 2.60. The van der Waals surface area contributed by atoms with Crippen molar-refractivity contribution in [3.63, 3.8) is 0 Å². The first kappa shape index (κ1) is 10.5. The third-order valence-electron chi connectivity index (χ3n) is 2.60. The van der Waals surface area contributed by atoms with Crippen LogP contribution in [0.3, 0.4) is 0 Å². The molecule has 0 aromatic heterocycles. The number of hydrogen-bond donors (Lipinski definition) is 1. The Balaban J connectivity index is 2.00. The second-order valence-electron chi connectivity index (χ2n) is 4.03. The summed E-state index contributed by atoms with van der Waals surface area (Å²) in [5.74, 6) is 0.877. The summed E-state index contributed by atoms with van der Waals surface area (Å²) in [4.78, 5) is 0. The quantitative estimate of drug-likeness (QED) is 0.611.